The monoisotopic (exact) mass is 421 g/mol. The summed E-state index contributed by atoms with van der Waals surface area (Å²) < 4.78 is 5.84. The molecule has 166 valence electrons. The number of aliphatic imine (C=N–C) groups is 1. The van der Waals surface area contributed by atoms with Gasteiger partial charge in [0.15, 0.2) is 5.96 Å². The van der Waals surface area contributed by atoms with Crippen molar-refractivity contribution >= 4 is 11.8 Å². The zero-order valence-electron chi connectivity index (χ0n) is 19.0. The van der Waals surface area contributed by atoms with Crippen molar-refractivity contribution in [2.24, 2.45) is 4.99 Å². The van der Waals surface area contributed by atoms with Gasteiger partial charge in [-0.25, -0.2) is 9.98 Å². The maximum absolute atomic E-state index is 5.84. The van der Waals surface area contributed by atoms with E-state index in [1.54, 1.807) is 0 Å². The average molecular weight is 422 g/mol. The van der Waals surface area contributed by atoms with Crippen LogP contribution in [0, 0.1) is 0 Å². The molecular formula is C25H35N5O. The van der Waals surface area contributed by atoms with E-state index in [0.29, 0.717) is 12.5 Å². The first-order valence-electron chi connectivity index (χ1n) is 11.6. The van der Waals surface area contributed by atoms with E-state index in [9.17, 15) is 0 Å². The molecule has 1 N–H and O–H groups in total. The molecule has 3 heterocycles. The number of morpholine rings is 1. The number of rotatable bonds is 5. The van der Waals surface area contributed by atoms with Crippen molar-refractivity contribution in [2.75, 3.05) is 37.6 Å². The normalized spacial score (nSPS) is 24.5. The molecule has 0 amide bonds. The third kappa shape index (κ3) is 5.56. The van der Waals surface area contributed by atoms with Gasteiger partial charge in [-0.15, -0.1) is 0 Å². The van der Waals surface area contributed by atoms with E-state index in [-0.39, 0.29) is 12.2 Å². The topological polar surface area (TPSA) is 53.0 Å². The van der Waals surface area contributed by atoms with Gasteiger partial charge < -0.3 is 19.9 Å². The Kier molecular flexibility index (Phi) is 7.07. The zero-order chi connectivity index (χ0) is 21.6. The number of nitrogens with zero attached hydrogens (tertiary/aromatic N) is 4. The number of benzene rings is 1. The van der Waals surface area contributed by atoms with Gasteiger partial charge in [0.2, 0.25) is 0 Å². The molecule has 2 aliphatic heterocycles. The van der Waals surface area contributed by atoms with E-state index in [2.05, 4.69) is 78.4 Å². The van der Waals surface area contributed by atoms with Gasteiger partial charge in [-0.1, -0.05) is 36.4 Å². The van der Waals surface area contributed by atoms with Gasteiger partial charge in [-0.2, -0.15) is 0 Å². The first kappa shape index (κ1) is 21.6. The van der Waals surface area contributed by atoms with Gasteiger partial charge in [0.25, 0.3) is 0 Å². The van der Waals surface area contributed by atoms with Crippen LogP contribution < -0.4 is 10.2 Å². The van der Waals surface area contributed by atoms with Crippen molar-refractivity contribution in [1.29, 1.82) is 0 Å². The first-order chi connectivity index (χ1) is 15.1. The lowest BCUT2D eigenvalue weighted by Gasteiger charge is -2.36. The van der Waals surface area contributed by atoms with E-state index in [1.807, 2.05) is 6.20 Å². The summed E-state index contributed by atoms with van der Waals surface area (Å²) in [7, 11) is 0. The molecule has 4 rings (SSSR count). The number of likely N-dealkylation sites (tertiary alicyclic amines) is 1. The van der Waals surface area contributed by atoms with Crippen molar-refractivity contribution in [2.45, 2.75) is 51.9 Å². The Labute approximate surface area is 186 Å². The van der Waals surface area contributed by atoms with Crippen LogP contribution in [0.2, 0.25) is 0 Å². The first-order valence-corrected chi connectivity index (χ1v) is 11.6. The Balaban J connectivity index is 1.38. The lowest BCUT2D eigenvalue weighted by Crippen LogP contribution is -2.45. The predicted molar refractivity (Wildman–Crippen MR) is 127 cm³/mol. The smallest absolute Gasteiger partial charge is 0.194 e. The van der Waals surface area contributed by atoms with Crippen molar-refractivity contribution in [3.05, 3.63) is 59.8 Å². The molecule has 2 fully saturated rings. The van der Waals surface area contributed by atoms with Crippen LogP contribution in [0.15, 0.2) is 53.7 Å². The summed E-state index contributed by atoms with van der Waals surface area (Å²) in [4.78, 5) is 14.3. The van der Waals surface area contributed by atoms with Crippen LogP contribution in [0.4, 0.5) is 5.82 Å². The largest absolute Gasteiger partial charge is 0.372 e. The fourth-order valence-electron chi connectivity index (χ4n) is 4.60. The van der Waals surface area contributed by atoms with E-state index in [0.717, 1.165) is 50.1 Å². The minimum absolute atomic E-state index is 0.234. The molecule has 1 aromatic heterocycles. The van der Waals surface area contributed by atoms with Crippen LogP contribution in [0.25, 0.3) is 0 Å². The molecule has 31 heavy (non-hydrogen) atoms. The number of guanidine groups is 1. The minimum Gasteiger partial charge on any atom is -0.372 e. The molecule has 0 radical (unpaired) electrons. The van der Waals surface area contributed by atoms with Crippen molar-refractivity contribution in [3.63, 3.8) is 0 Å². The quantitative estimate of drug-likeness (QED) is 0.590. The van der Waals surface area contributed by atoms with Gasteiger partial charge in [-0.3, -0.25) is 0 Å². The van der Waals surface area contributed by atoms with Crippen LogP contribution in [0.5, 0.6) is 0 Å². The maximum Gasteiger partial charge on any atom is 0.194 e. The molecule has 6 heteroatoms. The van der Waals surface area contributed by atoms with E-state index < -0.39 is 0 Å². The summed E-state index contributed by atoms with van der Waals surface area (Å²) >= 11 is 0. The van der Waals surface area contributed by atoms with Crippen molar-refractivity contribution < 1.29 is 4.74 Å². The highest BCUT2D eigenvalue weighted by Gasteiger charge is 2.26. The second-order valence-corrected chi connectivity index (χ2v) is 8.70. The van der Waals surface area contributed by atoms with E-state index >= 15 is 0 Å². The average Bonchev–Trinajstić information content (AvgIpc) is 3.27. The lowest BCUT2D eigenvalue weighted by atomic mass is 9.99. The molecule has 2 saturated heterocycles. The summed E-state index contributed by atoms with van der Waals surface area (Å²) in [6.07, 6.45) is 3.60. The molecule has 1 aromatic carbocycles. The van der Waals surface area contributed by atoms with Gasteiger partial charge in [-0.05, 0) is 44.4 Å². The van der Waals surface area contributed by atoms with Crippen LogP contribution in [-0.2, 0) is 11.3 Å². The Bertz CT molecular complexity index is 844. The molecule has 0 spiro atoms. The van der Waals surface area contributed by atoms with Gasteiger partial charge in [0.1, 0.15) is 5.82 Å². The Hall–Kier alpha value is -2.60. The molecule has 3 unspecified atom stereocenters. The van der Waals surface area contributed by atoms with Crippen molar-refractivity contribution in [1.82, 2.24) is 15.2 Å². The molecule has 2 aromatic rings. The summed E-state index contributed by atoms with van der Waals surface area (Å²) in [6.45, 7) is 11.7. The highest BCUT2D eigenvalue weighted by molar-refractivity contribution is 5.80. The Morgan fingerprint density at radius 3 is 2.55 bits per heavy atom. The second-order valence-electron chi connectivity index (χ2n) is 8.70. The lowest BCUT2D eigenvalue weighted by molar-refractivity contribution is -0.00545. The van der Waals surface area contributed by atoms with E-state index in [4.69, 9.17) is 14.7 Å². The Morgan fingerprint density at radius 1 is 1.10 bits per heavy atom. The Morgan fingerprint density at radius 2 is 1.87 bits per heavy atom. The number of hydrogen-bond acceptors (Lipinski definition) is 4. The van der Waals surface area contributed by atoms with Gasteiger partial charge in [0.05, 0.1) is 18.8 Å². The number of hydrogen-bond donors (Lipinski definition) is 1. The van der Waals surface area contributed by atoms with Crippen LogP contribution in [0.3, 0.4) is 0 Å². The van der Waals surface area contributed by atoms with Crippen molar-refractivity contribution in [3.8, 4) is 0 Å². The van der Waals surface area contributed by atoms with Gasteiger partial charge in [0, 0.05) is 44.8 Å². The molecule has 3 atom stereocenters. The summed E-state index contributed by atoms with van der Waals surface area (Å²) in [5.41, 5.74) is 2.56. The molecular weight excluding hydrogens is 386 g/mol. The highest BCUT2D eigenvalue weighted by atomic mass is 16.5. The van der Waals surface area contributed by atoms with Gasteiger partial charge >= 0.3 is 0 Å². The molecule has 0 saturated carbocycles. The fraction of sp³-hybridized carbons (Fsp3) is 0.520. The minimum atomic E-state index is 0.234. The summed E-state index contributed by atoms with van der Waals surface area (Å²) in [6, 6.07) is 15.1. The number of pyridine rings is 1. The standard InChI is InChI=1S/C25H35N5O/c1-4-26-25(29-13-12-23(18-29)22-8-6-5-7-9-22)28-15-21-10-11-24(27-14-21)30-16-19(2)31-20(3)17-30/h5-11,14,19-20,23H,4,12-13,15-18H2,1-3H3,(H,26,28). The van der Waals surface area contributed by atoms with Crippen LogP contribution >= 0.6 is 0 Å². The maximum atomic E-state index is 5.84. The number of anilines is 1. The molecule has 0 aliphatic carbocycles. The summed E-state index contributed by atoms with van der Waals surface area (Å²) in [5.74, 6) is 2.59. The number of aromatic nitrogens is 1. The summed E-state index contributed by atoms with van der Waals surface area (Å²) in [5, 5.41) is 3.47. The molecule has 0 bridgehead atoms. The molecule has 6 nitrogen and oxygen atoms in total. The second kappa shape index (κ2) is 10.1. The number of ether oxygens (including phenoxy) is 1. The predicted octanol–water partition coefficient (Wildman–Crippen LogP) is 3.65. The highest BCUT2D eigenvalue weighted by Crippen LogP contribution is 2.27. The van der Waals surface area contributed by atoms with E-state index in [1.165, 1.54) is 12.0 Å². The SMILES string of the molecule is CCNC(=NCc1ccc(N2CC(C)OC(C)C2)nc1)N1CCC(c2ccccc2)C1. The fourth-order valence-corrected chi connectivity index (χ4v) is 4.60. The molecule has 2 aliphatic rings. The third-order valence-electron chi connectivity index (χ3n) is 6.06. The van der Waals surface area contributed by atoms with Crippen LogP contribution in [-0.4, -0.2) is 60.8 Å². The third-order valence-corrected chi connectivity index (χ3v) is 6.06. The zero-order valence-corrected chi connectivity index (χ0v) is 19.0. The van der Waals surface area contributed by atoms with Crippen LogP contribution in [0.1, 0.15) is 44.2 Å². The number of nitrogens with one attached hydrogen (secondary N) is 1.